The van der Waals surface area contributed by atoms with Crippen molar-refractivity contribution >= 4 is 17.9 Å². The first-order valence-corrected chi connectivity index (χ1v) is 25.1. The fourth-order valence-corrected chi connectivity index (χ4v) is 6.98. The van der Waals surface area contributed by atoms with E-state index >= 15 is 0 Å². The molecule has 63 heavy (non-hydrogen) atoms. The minimum absolute atomic E-state index is 0.0442. The molecule has 0 rings (SSSR count). The van der Waals surface area contributed by atoms with Crippen LogP contribution in [0, 0.1) is 0 Å². The number of hydrogen-bond acceptors (Lipinski definition) is 6. The second kappa shape index (κ2) is 45.1. The minimum Gasteiger partial charge on any atom is -0.477 e. The van der Waals surface area contributed by atoms with Gasteiger partial charge in [0.25, 0.3) is 0 Å². The highest BCUT2D eigenvalue weighted by Crippen LogP contribution is 2.15. The average Bonchev–Trinajstić information content (AvgIpc) is 3.24. The van der Waals surface area contributed by atoms with E-state index in [2.05, 4.69) is 98.9 Å². The van der Waals surface area contributed by atoms with Gasteiger partial charge in [0, 0.05) is 19.3 Å². The minimum atomic E-state index is -0.883. The number of aliphatic carboxylic acids is 1. The molecule has 8 heteroatoms. The SMILES string of the molecule is CC/C=C/C/C=C/C/C=C/C/C=C/CCCCCC(=O)OC(COCCC(C(=O)O)[N+](C)(C)C)COC(=O)CCCCCCCCCCCCCCC/C=C/C/C=C/C/C=C/CC. The summed E-state index contributed by atoms with van der Waals surface area (Å²) in [5.41, 5.74) is 0. The van der Waals surface area contributed by atoms with Crippen molar-refractivity contribution in [2.75, 3.05) is 41.0 Å². The third kappa shape index (κ3) is 43.5. The zero-order valence-corrected chi connectivity index (χ0v) is 41.0. The van der Waals surface area contributed by atoms with Crippen LogP contribution in [0.25, 0.3) is 0 Å². The van der Waals surface area contributed by atoms with Crippen LogP contribution in [0.3, 0.4) is 0 Å². The lowest BCUT2D eigenvalue weighted by Gasteiger charge is -2.31. The predicted octanol–water partition coefficient (Wildman–Crippen LogP) is 14.5. The lowest BCUT2D eigenvalue weighted by atomic mass is 10.0. The Hall–Kier alpha value is -3.49. The fraction of sp³-hybridized carbons (Fsp3) is 0.691. The summed E-state index contributed by atoms with van der Waals surface area (Å²) in [5, 5.41) is 9.65. The third-order valence-corrected chi connectivity index (χ3v) is 10.8. The zero-order valence-electron chi connectivity index (χ0n) is 41.0. The Kier molecular flexibility index (Phi) is 42.6. The van der Waals surface area contributed by atoms with Crippen LogP contribution in [0.5, 0.6) is 0 Å². The first-order valence-electron chi connectivity index (χ1n) is 25.1. The van der Waals surface area contributed by atoms with Crippen LogP contribution >= 0.6 is 0 Å². The van der Waals surface area contributed by atoms with E-state index in [1.807, 2.05) is 21.1 Å². The Morgan fingerprint density at radius 3 is 1.25 bits per heavy atom. The highest BCUT2D eigenvalue weighted by atomic mass is 16.6. The molecule has 360 valence electrons. The van der Waals surface area contributed by atoms with Crippen LogP contribution in [0.2, 0.25) is 0 Å². The molecule has 0 fully saturated rings. The number of rotatable bonds is 44. The molecular formula is C55H94NO7+. The van der Waals surface area contributed by atoms with Crippen LogP contribution in [0.1, 0.15) is 194 Å². The molecule has 0 heterocycles. The maximum Gasteiger partial charge on any atom is 0.362 e. The summed E-state index contributed by atoms with van der Waals surface area (Å²) in [7, 11) is 5.52. The van der Waals surface area contributed by atoms with Crippen molar-refractivity contribution in [3.63, 3.8) is 0 Å². The largest absolute Gasteiger partial charge is 0.477 e. The van der Waals surface area contributed by atoms with E-state index in [0.29, 0.717) is 12.8 Å². The Morgan fingerprint density at radius 2 is 0.841 bits per heavy atom. The molecule has 0 aromatic heterocycles. The van der Waals surface area contributed by atoms with Gasteiger partial charge in [-0.1, -0.05) is 176 Å². The van der Waals surface area contributed by atoms with Crippen LogP contribution < -0.4 is 0 Å². The normalized spacial score (nSPS) is 13.6. The van der Waals surface area contributed by atoms with E-state index in [-0.39, 0.29) is 42.7 Å². The van der Waals surface area contributed by atoms with Gasteiger partial charge >= 0.3 is 17.9 Å². The molecule has 0 amide bonds. The number of carbonyl (C=O) groups excluding carboxylic acids is 2. The molecule has 2 atom stereocenters. The van der Waals surface area contributed by atoms with Crippen LogP contribution in [0.15, 0.2) is 85.1 Å². The summed E-state index contributed by atoms with van der Waals surface area (Å²) in [6, 6.07) is -0.625. The smallest absolute Gasteiger partial charge is 0.362 e. The molecule has 0 spiro atoms. The van der Waals surface area contributed by atoms with Crippen LogP contribution in [-0.4, -0.2) is 80.6 Å². The molecule has 0 radical (unpaired) electrons. The molecule has 0 aromatic carbocycles. The Balaban J connectivity index is 4.26. The highest BCUT2D eigenvalue weighted by Gasteiger charge is 2.31. The van der Waals surface area contributed by atoms with Gasteiger partial charge in [0.15, 0.2) is 12.1 Å². The average molecular weight is 881 g/mol. The summed E-state index contributed by atoms with van der Waals surface area (Å²) in [6.45, 7) is 4.48. The number of carboxylic acid groups (broad SMARTS) is 1. The molecule has 0 aliphatic heterocycles. The molecule has 0 bridgehead atoms. The molecule has 8 nitrogen and oxygen atoms in total. The predicted molar refractivity (Wildman–Crippen MR) is 266 cm³/mol. The van der Waals surface area contributed by atoms with E-state index in [4.69, 9.17) is 14.2 Å². The van der Waals surface area contributed by atoms with Crippen molar-refractivity contribution < 1.29 is 38.2 Å². The Morgan fingerprint density at radius 1 is 0.476 bits per heavy atom. The summed E-state index contributed by atoms with van der Waals surface area (Å²) >= 11 is 0. The number of quaternary nitrogens is 1. The van der Waals surface area contributed by atoms with Crippen molar-refractivity contribution in [2.45, 2.75) is 206 Å². The van der Waals surface area contributed by atoms with E-state index < -0.39 is 18.1 Å². The lowest BCUT2D eigenvalue weighted by molar-refractivity contribution is -0.887. The number of allylic oxidation sites excluding steroid dienone is 14. The van der Waals surface area contributed by atoms with Gasteiger partial charge in [0.05, 0.1) is 34.4 Å². The number of hydrogen-bond donors (Lipinski definition) is 1. The van der Waals surface area contributed by atoms with E-state index in [1.165, 1.54) is 70.6 Å². The molecule has 0 aromatic rings. The first-order chi connectivity index (χ1) is 30.6. The first kappa shape index (κ1) is 59.5. The summed E-state index contributed by atoms with van der Waals surface area (Å²) in [6.07, 6.45) is 59.2. The van der Waals surface area contributed by atoms with Crippen molar-refractivity contribution in [1.82, 2.24) is 0 Å². The van der Waals surface area contributed by atoms with Gasteiger partial charge in [-0.05, 0) is 83.5 Å². The second-order valence-corrected chi connectivity index (χ2v) is 17.7. The number of unbranched alkanes of at least 4 members (excludes halogenated alkanes) is 16. The third-order valence-electron chi connectivity index (χ3n) is 10.8. The van der Waals surface area contributed by atoms with Crippen molar-refractivity contribution in [3.05, 3.63) is 85.1 Å². The Bertz CT molecular complexity index is 1300. The molecule has 0 aliphatic rings. The fourth-order valence-electron chi connectivity index (χ4n) is 6.98. The number of carbonyl (C=O) groups is 3. The molecule has 0 saturated carbocycles. The summed E-state index contributed by atoms with van der Waals surface area (Å²) < 4.78 is 17.3. The van der Waals surface area contributed by atoms with Gasteiger partial charge in [-0.15, -0.1) is 0 Å². The van der Waals surface area contributed by atoms with Crippen LogP contribution in [0.4, 0.5) is 0 Å². The van der Waals surface area contributed by atoms with E-state index in [0.717, 1.165) is 89.9 Å². The van der Waals surface area contributed by atoms with E-state index in [9.17, 15) is 19.5 Å². The van der Waals surface area contributed by atoms with Gasteiger partial charge in [-0.3, -0.25) is 9.59 Å². The molecule has 0 aliphatic carbocycles. The van der Waals surface area contributed by atoms with Gasteiger partial charge in [-0.2, -0.15) is 0 Å². The lowest BCUT2D eigenvalue weighted by Crippen LogP contribution is -2.50. The molecule has 1 N–H and O–H groups in total. The molecular weight excluding hydrogens is 787 g/mol. The molecule has 2 unspecified atom stereocenters. The topological polar surface area (TPSA) is 99.1 Å². The maximum atomic E-state index is 12.8. The maximum absolute atomic E-state index is 12.8. The standard InChI is InChI=1S/C55H93NO7/c1-6-8-10-12-14-16-18-20-22-24-25-26-27-28-29-30-32-33-35-37-39-41-43-45-53(57)62-50-51(49-61-48-47-52(55(59)60)56(3,4)5)63-54(58)46-44-42-40-38-36-34-31-23-21-19-17-15-13-11-9-7-2/h8-11,14-17,20-23,34,36,51-52H,6-7,12-13,18-19,24-33,35,37-50H2,1-5H3/p+1/b10-8+,11-9+,16-14+,17-15+,22-20+,23-21+,36-34+. The second-order valence-electron chi connectivity index (χ2n) is 17.7. The number of ether oxygens (including phenoxy) is 3. The summed E-state index contributed by atoms with van der Waals surface area (Å²) in [5.74, 6) is -1.51. The van der Waals surface area contributed by atoms with Crippen molar-refractivity contribution in [2.24, 2.45) is 0 Å². The number of carboxylic acids is 1. The zero-order chi connectivity index (χ0) is 46.3. The number of likely N-dealkylation sites (N-methyl/N-ethyl adjacent to an activating group) is 1. The van der Waals surface area contributed by atoms with Gasteiger partial charge < -0.3 is 23.8 Å². The number of nitrogens with zero attached hydrogens (tertiary/aromatic N) is 1. The summed E-state index contributed by atoms with van der Waals surface area (Å²) in [4.78, 5) is 37.1. The van der Waals surface area contributed by atoms with Crippen LogP contribution in [-0.2, 0) is 28.6 Å². The highest BCUT2D eigenvalue weighted by molar-refractivity contribution is 5.72. The van der Waals surface area contributed by atoms with Crippen molar-refractivity contribution in [3.8, 4) is 0 Å². The van der Waals surface area contributed by atoms with Gasteiger partial charge in [0.1, 0.15) is 6.61 Å². The van der Waals surface area contributed by atoms with E-state index in [1.54, 1.807) is 0 Å². The quantitative estimate of drug-likeness (QED) is 0.0282. The van der Waals surface area contributed by atoms with Gasteiger partial charge in [-0.25, -0.2) is 4.79 Å². The van der Waals surface area contributed by atoms with Crippen molar-refractivity contribution in [1.29, 1.82) is 0 Å². The molecule has 0 saturated heterocycles. The number of esters is 2. The van der Waals surface area contributed by atoms with Gasteiger partial charge in [0.2, 0.25) is 0 Å². The monoisotopic (exact) mass is 881 g/mol. The Labute approximate surface area is 386 Å².